The molecule has 8 heteroatoms. The fraction of sp³-hybridized carbons (Fsp3) is 0.300. The van der Waals surface area contributed by atoms with Gasteiger partial charge in [-0.1, -0.05) is 11.6 Å². The molecule has 0 radical (unpaired) electrons. The van der Waals surface area contributed by atoms with Gasteiger partial charge in [0, 0.05) is 15.6 Å². The molecule has 0 heterocycles. The Balaban J connectivity index is 2.45. The highest BCUT2D eigenvalue weighted by Gasteiger charge is 2.27. The van der Waals surface area contributed by atoms with Crippen LogP contribution in [-0.2, 0) is 4.79 Å². The van der Waals surface area contributed by atoms with E-state index in [1.54, 1.807) is 23.5 Å². The monoisotopic (exact) mass is 298 g/mol. The number of nitrogens with one attached hydrogen (secondary N) is 1. The molecule has 0 aliphatic carbocycles. The zero-order valence-corrected chi connectivity index (χ0v) is 10.6. The first kappa shape index (κ1) is 15.0. The van der Waals surface area contributed by atoms with Gasteiger partial charge in [-0.05, 0) is 18.2 Å². The molecule has 0 saturated carbocycles. The molecular formula is C10H10ClF3N2OS. The third kappa shape index (κ3) is 5.50. The summed E-state index contributed by atoms with van der Waals surface area (Å²) in [6, 6.07) is 4.71. The van der Waals surface area contributed by atoms with Crippen LogP contribution in [-0.4, -0.2) is 24.4 Å². The highest BCUT2D eigenvalue weighted by atomic mass is 35.5. The van der Waals surface area contributed by atoms with Crippen LogP contribution in [0.5, 0.6) is 0 Å². The van der Waals surface area contributed by atoms with Gasteiger partial charge in [-0.25, -0.2) is 0 Å². The first-order chi connectivity index (χ1) is 8.28. The van der Waals surface area contributed by atoms with E-state index in [1.165, 1.54) is 0 Å². The molecule has 0 aliphatic rings. The average molecular weight is 299 g/mol. The summed E-state index contributed by atoms with van der Waals surface area (Å²) in [5, 5.41) is 2.22. The minimum atomic E-state index is -4.41. The molecule has 0 bridgehead atoms. The maximum atomic E-state index is 11.8. The average Bonchev–Trinajstić information content (AvgIpc) is 2.26. The maximum absolute atomic E-state index is 11.8. The Morgan fingerprint density at radius 3 is 2.72 bits per heavy atom. The molecule has 0 aromatic heterocycles. The summed E-state index contributed by atoms with van der Waals surface area (Å²) in [5.41, 5.74) is 6.05. The zero-order valence-electron chi connectivity index (χ0n) is 9.05. The van der Waals surface area contributed by atoms with Crippen LogP contribution < -0.4 is 11.1 Å². The lowest BCUT2D eigenvalue weighted by atomic mass is 10.3. The fourth-order valence-corrected chi connectivity index (χ4v) is 2.10. The van der Waals surface area contributed by atoms with Crippen LogP contribution in [0.25, 0.3) is 0 Å². The SMILES string of the molecule is Nc1ccc(Cl)cc1SCC(=O)NCC(F)(F)F. The predicted molar refractivity (Wildman–Crippen MR) is 65.7 cm³/mol. The van der Waals surface area contributed by atoms with Crippen molar-refractivity contribution >= 4 is 35.0 Å². The number of hydrogen-bond acceptors (Lipinski definition) is 3. The van der Waals surface area contributed by atoms with Crippen LogP contribution in [0.3, 0.4) is 0 Å². The second-order valence-electron chi connectivity index (χ2n) is 3.36. The Hall–Kier alpha value is -1.08. The van der Waals surface area contributed by atoms with Gasteiger partial charge in [0.05, 0.1) is 5.75 Å². The van der Waals surface area contributed by atoms with E-state index in [4.69, 9.17) is 17.3 Å². The fourth-order valence-electron chi connectivity index (χ4n) is 1.03. The van der Waals surface area contributed by atoms with E-state index in [1.807, 2.05) is 0 Å². The van der Waals surface area contributed by atoms with Crippen molar-refractivity contribution in [3.05, 3.63) is 23.2 Å². The van der Waals surface area contributed by atoms with Gasteiger partial charge in [0.1, 0.15) is 6.54 Å². The number of rotatable bonds is 4. The highest BCUT2D eigenvalue weighted by Crippen LogP contribution is 2.27. The van der Waals surface area contributed by atoms with E-state index in [-0.39, 0.29) is 5.75 Å². The normalized spacial score (nSPS) is 11.3. The number of thioether (sulfide) groups is 1. The number of benzene rings is 1. The molecule has 1 aromatic carbocycles. The number of hydrogen-bond donors (Lipinski definition) is 2. The Bertz CT molecular complexity index is 440. The Kier molecular flexibility index (Phi) is 5.15. The van der Waals surface area contributed by atoms with Gasteiger partial charge in [0.25, 0.3) is 0 Å². The van der Waals surface area contributed by atoms with E-state index in [2.05, 4.69) is 0 Å². The highest BCUT2D eigenvalue weighted by molar-refractivity contribution is 8.00. The lowest BCUT2D eigenvalue weighted by molar-refractivity contribution is -0.136. The van der Waals surface area contributed by atoms with Gasteiger partial charge in [0.15, 0.2) is 0 Å². The Morgan fingerprint density at radius 2 is 2.11 bits per heavy atom. The van der Waals surface area contributed by atoms with Crippen molar-refractivity contribution in [2.75, 3.05) is 18.0 Å². The molecule has 0 unspecified atom stereocenters. The van der Waals surface area contributed by atoms with Gasteiger partial charge >= 0.3 is 6.18 Å². The van der Waals surface area contributed by atoms with Crippen LogP contribution in [0.15, 0.2) is 23.1 Å². The Labute approximate surface area is 111 Å². The summed E-state index contributed by atoms with van der Waals surface area (Å²) < 4.78 is 35.5. The molecule has 0 fully saturated rings. The van der Waals surface area contributed by atoms with E-state index in [0.717, 1.165) is 11.8 Å². The number of nitrogen functional groups attached to an aromatic ring is 1. The smallest absolute Gasteiger partial charge is 0.398 e. The minimum absolute atomic E-state index is 0.152. The van der Waals surface area contributed by atoms with Gasteiger partial charge in [-0.3, -0.25) is 4.79 Å². The van der Waals surface area contributed by atoms with Gasteiger partial charge in [-0.2, -0.15) is 13.2 Å². The molecular weight excluding hydrogens is 289 g/mol. The lowest BCUT2D eigenvalue weighted by Crippen LogP contribution is -2.34. The summed E-state index contributed by atoms with van der Waals surface area (Å²) in [5.74, 6) is -0.864. The number of alkyl halides is 3. The van der Waals surface area contributed by atoms with E-state index in [0.29, 0.717) is 15.6 Å². The number of amides is 1. The van der Waals surface area contributed by atoms with Crippen molar-refractivity contribution < 1.29 is 18.0 Å². The number of halogens is 4. The summed E-state index contributed by atoms with van der Waals surface area (Å²) in [6.07, 6.45) is -4.41. The van der Waals surface area contributed by atoms with Crippen molar-refractivity contribution in [3.63, 3.8) is 0 Å². The van der Waals surface area contributed by atoms with Crippen molar-refractivity contribution in [2.45, 2.75) is 11.1 Å². The van der Waals surface area contributed by atoms with E-state index in [9.17, 15) is 18.0 Å². The zero-order chi connectivity index (χ0) is 13.8. The van der Waals surface area contributed by atoms with Gasteiger partial charge in [0.2, 0.25) is 5.91 Å². The first-order valence-electron chi connectivity index (χ1n) is 4.79. The van der Waals surface area contributed by atoms with Crippen LogP contribution in [0, 0.1) is 0 Å². The second kappa shape index (κ2) is 6.19. The summed E-state index contributed by atoms with van der Waals surface area (Å²) in [6.45, 7) is -1.34. The quantitative estimate of drug-likeness (QED) is 0.664. The molecule has 3 nitrogen and oxygen atoms in total. The lowest BCUT2D eigenvalue weighted by Gasteiger charge is -2.09. The van der Waals surface area contributed by atoms with Gasteiger partial charge < -0.3 is 11.1 Å². The molecule has 0 saturated heterocycles. The number of carbonyl (C=O) groups is 1. The number of anilines is 1. The van der Waals surface area contributed by atoms with Crippen molar-refractivity contribution in [2.24, 2.45) is 0 Å². The molecule has 1 amide bonds. The van der Waals surface area contributed by atoms with Gasteiger partial charge in [-0.15, -0.1) is 11.8 Å². The summed E-state index contributed by atoms with van der Waals surface area (Å²) >= 11 is 6.77. The standard InChI is InChI=1S/C10H10ClF3N2OS/c11-6-1-2-7(15)8(3-6)18-4-9(17)16-5-10(12,13)14/h1-3H,4-5,15H2,(H,16,17). The molecule has 1 aromatic rings. The van der Waals surface area contributed by atoms with Crippen LogP contribution in [0.1, 0.15) is 0 Å². The molecule has 18 heavy (non-hydrogen) atoms. The molecule has 0 aliphatic heterocycles. The van der Waals surface area contributed by atoms with E-state index < -0.39 is 18.6 Å². The molecule has 0 atom stereocenters. The molecule has 100 valence electrons. The predicted octanol–water partition coefficient (Wildman–Crippen LogP) is 2.69. The molecule has 3 N–H and O–H groups in total. The summed E-state index contributed by atoms with van der Waals surface area (Å²) in [7, 11) is 0. The third-order valence-corrected chi connectivity index (χ3v) is 3.13. The van der Waals surface area contributed by atoms with Crippen molar-refractivity contribution in [3.8, 4) is 0 Å². The number of carbonyl (C=O) groups excluding carboxylic acids is 1. The molecule has 0 spiro atoms. The first-order valence-corrected chi connectivity index (χ1v) is 6.15. The molecule has 1 rings (SSSR count). The van der Waals surface area contributed by atoms with E-state index >= 15 is 0 Å². The van der Waals surface area contributed by atoms with Crippen LogP contribution in [0.4, 0.5) is 18.9 Å². The Morgan fingerprint density at radius 1 is 1.44 bits per heavy atom. The van der Waals surface area contributed by atoms with Crippen molar-refractivity contribution in [1.82, 2.24) is 5.32 Å². The topological polar surface area (TPSA) is 55.1 Å². The van der Waals surface area contributed by atoms with Crippen LogP contribution >= 0.6 is 23.4 Å². The van der Waals surface area contributed by atoms with Crippen LogP contribution in [0.2, 0.25) is 5.02 Å². The largest absolute Gasteiger partial charge is 0.405 e. The maximum Gasteiger partial charge on any atom is 0.405 e. The number of nitrogens with two attached hydrogens (primary N) is 1. The van der Waals surface area contributed by atoms with Crippen molar-refractivity contribution in [1.29, 1.82) is 0 Å². The summed E-state index contributed by atoms with van der Waals surface area (Å²) in [4.78, 5) is 11.7. The third-order valence-electron chi connectivity index (χ3n) is 1.82. The second-order valence-corrected chi connectivity index (χ2v) is 4.82. The minimum Gasteiger partial charge on any atom is -0.398 e.